The Morgan fingerprint density at radius 1 is 1.47 bits per heavy atom. The predicted molar refractivity (Wildman–Crippen MR) is 68.7 cm³/mol. The first-order chi connectivity index (χ1) is 7.90. The Kier molecular flexibility index (Phi) is 4.63. The molecule has 0 aliphatic carbocycles. The molecule has 0 heterocycles. The van der Waals surface area contributed by atoms with E-state index in [0.29, 0.717) is 5.02 Å². The lowest BCUT2D eigenvalue weighted by atomic mass is 10.3. The molecule has 1 unspecified atom stereocenters. The SMILES string of the molecule is CCC(C#N)S(=O)(=O)Nc1cc(Cl)ccc1Cl. The molecular formula is C10H10Cl2N2O2S. The maximum absolute atomic E-state index is 11.8. The van der Waals surface area contributed by atoms with E-state index in [1.54, 1.807) is 19.1 Å². The van der Waals surface area contributed by atoms with Crippen molar-refractivity contribution >= 4 is 38.9 Å². The van der Waals surface area contributed by atoms with E-state index >= 15 is 0 Å². The Morgan fingerprint density at radius 2 is 2.12 bits per heavy atom. The number of nitrogens with zero attached hydrogens (tertiary/aromatic N) is 1. The summed E-state index contributed by atoms with van der Waals surface area (Å²) in [4.78, 5) is 0. The van der Waals surface area contributed by atoms with Crippen LogP contribution in [0.15, 0.2) is 18.2 Å². The van der Waals surface area contributed by atoms with E-state index in [1.807, 2.05) is 0 Å². The van der Waals surface area contributed by atoms with E-state index < -0.39 is 15.3 Å². The van der Waals surface area contributed by atoms with Crippen molar-refractivity contribution in [3.05, 3.63) is 28.2 Å². The normalized spacial score (nSPS) is 12.8. The average Bonchev–Trinajstić information content (AvgIpc) is 2.24. The molecule has 1 aromatic rings. The van der Waals surface area contributed by atoms with Crippen LogP contribution in [0.3, 0.4) is 0 Å². The van der Waals surface area contributed by atoms with Crippen LogP contribution in [0.4, 0.5) is 5.69 Å². The van der Waals surface area contributed by atoms with E-state index in [9.17, 15) is 8.42 Å². The van der Waals surface area contributed by atoms with Crippen molar-refractivity contribution in [3.8, 4) is 6.07 Å². The average molecular weight is 293 g/mol. The molecule has 92 valence electrons. The molecule has 7 heteroatoms. The van der Waals surface area contributed by atoms with E-state index in [0.717, 1.165) is 0 Å². The number of anilines is 1. The van der Waals surface area contributed by atoms with E-state index in [1.165, 1.54) is 12.1 Å². The summed E-state index contributed by atoms with van der Waals surface area (Å²) in [5.74, 6) is 0. The van der Waals surface area contributed by atoms with Gasteiger partial charge in [-0.05, 0) is 24.6 Å². The lowest BCUT2D eigenvalue weighted by molar-refractivity contribution is 0.593. The number of hydrogen-bond donors (Lipinski definition) is 1. The van der Waals surface area contributed by atoms with Gasteiger partial charge >= 0.3 is 0 Å². The molecule has 1 aromatic carbocycles. The zero-order valence-corrected chi connectivity index (χ0v) is 11.3. The molecule has 0 spiro atoms. The lowest BCUT2D eigenvalue weighted by Crippen LogP contribution is -2.26. The highest BCUT2D eigenvalue weighted by molar-refractivity contribution is 7.93. The highest BCUT2D eigenvalue weighted by Gasteiger charge is 2.24. The third-order valence-electron chi connectivity index (χ3n) is 2.07. The first-order valence-electron chi connectivity index (χ1n) is 4.77. The maximum Gasteiger partial charge on any atom is 0.249 e. The van der Waals surface area contributed by atoms with Crippen molar-refractivity contribution in [3.63, 3.8) is 0 Å². The first kappa shape index (κ1) is 14.1. The molecule has 0 aliphatic rings. The Morgan fingerprint density at radius 3 is 2.65 bits per heavy atom. The van der Waals surface area contributed by atoms with Gasteiger partial charge in [-0.3, -0.25) is 4.72 Å². The van der Waals surface area contributed by atoms with Crippen LogP contribution in [0.25, 0.3) is 0 Å². The third-order valence-corrected chi connectivity index (χ3v) is 4.33. The van der Waals surface area contributed by atoms with Gasteiger partial charge in [0.05, 0.1) is 16.8 Å². The van der Waals surface area contributed by atoms with Crippen LogP contribution in [0, 0.1) is 11.3 Å². The molecule has 0 saturated heterocycles. The zero-order valence-electron chi connectivity index (χ0n) is 8.94. The first-order valence-corrected chi connectivity index (χ1v) is 7.07. The van der Waals surface area contributed by atoms with Crippen LogP contribution in [-0.4, -0.2) is 13.7 Å². The largest absolute Gasteiger partial charge is 0.281 e. The van der Waals surface area contributed by atoms with Gasteiger partial charge in [0.15, 0.2) is 5.25 Å². The minimum absolute atomic E-state index is 0.174. The number of nitriles is 1. The summed E-state index contributed by atoms with van der Waals surface area (Å²) in [6.45, 7) is 1.62. The number of hydrogen-bond acceptors (Lipinski definition) is 3. The van der Waals surface area contributed by atoms with Gasteiger partial charge in [0, 0.05) is 5.02 Å². The smallest absolute Gasteiger partial charge is 0.249 e. The molecule has 1 rings (SSSR count). The second kappa shape index (κ2) is 5.58. The van der Waals surface area contributed by atoms with Crippen LogP contribution in [0.1, 0.15) is 13.3 Å². The van der Waals surface area contributed by atoms with Gasteiger partial charge in [0.25, 0.3) is 0 Å². The van der Waals surface area contributed by atoms with Gasteiger partial charge in [-0.15, -0.1) is 0 Å². The van der Waals surface area contributed by atoms with Crippen LogP contribution in [0.5, 0.6) is 0 Å². The van der Waals surface area contributed by atoms with Crippen LogP contribution in [-0.2, 0) is 10.0 Å². The third kappa shape index (κ3) is 3.50. The molecule has 0 aromatic heterocycles. The summed E-state index contributed by atoms with van der Waals surface area (Å²) in [5, 5.41) is 8.21. The molecule has 0 aliphatic heterocycles. The quantitative estimate of drug-likeness (QED) is 0.927. The summed E-state index contributed by atoms with van der Waals surface area (Å²) < 4.78 is 25.8. The number of sulfonamides is 1. The lowest BCUT2D eigenvalue weighted by Gasteiger charge is -2.12. The molecule has 0 amide bonds. The highest BCUT2D eigenvalue weighted by Crippen LogP contribution is 2.27. The monoisotopic (exact) mass is 292 g/mol. The summed E-state index contributed by atoms with van der Waals surface area (Å²) in [7, 11) is -3.77. The fourth-order valence-electron chi connectivity index (χ4n) is 1.18. The van der Waals surface area contributed by atoms with E-state index in [2.05, 4.69) is 4.72 Å². The van der Waals surface area contributed by atoms with Crippen LogP contribution >= 0.6 is 23.2 Å². The van der Waals surface area contributed by atoms with Gasteiger partial charge < -0.3 is 0 Å². The van der Waals surface area contributed by atoms with E-state index in [-0.39, 0.29) is 17.1 Å². The molecule has 0 fully saturated rings. The Balaban J connectivity index is 3.06. The van der Waals surface area contributed by atoms with Gasteiger partial charge in [0.1, 0.15) is 0 Å². The number of rotatable bonds is 4. The summed E-state index contributed by atoms with van der Waals surface area (Å²) >= 11 is 11.6. The Bertz CT molecular complexity index is 552. The molecule has 0 saturated carbocycles. The van der Waals surface area contributed by atoms with Crippen molar-refractivity contribution in [2.45, 2.75) is 18.6 Å². The minimum Gasteiger partial charge on any atom is -0.281 e. The molecule has 4 nitrogen and oxygen atoms in total. The molecule has 1 atom stereocenters. The maximum atomic E-state index is 11.8. The molecule has 0 bridgehead atoms. The summed E-state index contributed by atoms with van der Waals surface area (Å²) in [6.07, 6.45) is 0.198. The van der Waals surface area contributed by atoms with Gasteiger partial charge in [-0.1, -0.05) is 30.1 Å². The standard InChI is InChI=1S/C10H10Cl2N2O2S/c1-2-8(6-13)17(15,16)14-10-5-7(11)3-4-9(10)12/h3-5,8,14H,2H2,1H3. The van der Waals surface area contributed by atoms with Crippen LogP contribution in [0.2, 0.25) is 10.0 Å². The summed E-state index contributed by atoms with van der Waals surface area (Å²) in [6, 6.07) is 6.14. The molecule has 1 N–H and O–H groups in total. The Labute approximate surface area is 110 Å². The van der Waals surface area contributed by atoms with Crippen molar-refractivity contribution in [1.29, 1.82) is 5.26 Å². The number of nitrogens with one attached hydrogen (secondary N) is 1. The molecule has 0 radical (unpaired) electrons. The molecule has 17 heavy (non-hydrogen) atoms. The number of benzene rings is 1. The summed E-state index contributed by atoms with van der Waals surface area (Å²) in [5.41, 5.74) is 0.174. The minimum atomic E-state index is -3.77. The fraction of sp³-hybridized carbons (Fsp3) is 0.300. The highest BCUT2D eigenvalue weighted by atomic mass is 35.5. The zero-order chi connectivity index (χ0) is 13.1. The topological polar surface area (TPSA) is 70.0 Å². The van der Waals surface area contributed by atoms with Gasteiger partial charge in [0.2, 0.25) is 10.0 Å². The van der Waals surface area contributed by atoms with Crippen molar-refractivity contribution in [2.75, 3.05) is 4.72 Å². The van der Waals surface area contributed by atoms with Gasteiger partial charge in [-0.25, -0.2) is 8.42 Å². The van der Waals surface area contributed by atoms with E-state index in [4.69, 9.17) is 28.5 Å². The van der Waals surface area contributed by atoms with Gasteiger partial charge in [-0.2, -0.15) is 5.26 Å². The Hall–Kier alpha value is -0.960. The van der Waals surface area contributed by atoms with Crippen molar-refractivity contribution in [2.24, 2.45) is 0 Å². The number of halogens is 2. The van der Waals surface area contributed by atoms with Crippen molar-refractivity contribution < 1.29 is 8.42 Å². The predicted octanol–water partition coefficient (Wildman–Crippen LogP) is 3.04. The molecular weight excluding hydrogens is 283 g/mol. The fourth-order valence-corrected chi connectivity index (χ4v) is 2.77. The van der Waals surface area contributed by atoms with Crippen molar-refractivity contribution in [1.82, 2.24) is 0 Å². The second-order valence-corrected chi connectivity index (χ2v) is 6.00. The van der Waals surface area contributed by atoms with Crippen LogP contribution < -0.4 is 4.72 Å². The second-order valence-electron chi connectivity index (χ2n) is 3.30.